The molecule has 4 heteroatoms. The molecule has 0 aromatic heterocycles. The van der Waals surface area contributed by atoms with Gasteiger partial charge in [-0.05, 0) is 75.1 Å². The highest BCUT2D eigenvalue weighted by atomic mass is 35.5. The number of rotatable bonds is 12. The lowest BCUT2D eigenvalue weighted by Gasteiger charge is -2.32. The number of nitrogens with one attached hydrogen (secondary N) is 1. The second kappa shape index (κ2) is 15.2. The van der Waals surface area contributed by atoms with Gasteiger partial charge in [-0.3, -0.25) is 5.32 Å². The highest BCUT2D eigenvalue weighted by Gasteiger charge is 2.24. The van der Waals surface area contributed by atoms with Crippen molar-refractivity contribution < 1.29 is 9.47 Å². The van der Waals surface area contributed by atoms with Crippen molar-refractivity contribution in [2.75, 3.05) is 5.88 Å². The SMILES string of the molecule is C=CCCl.CC(C)Cc1cccc(OC(C)OC(C)NC(C)(C)c2ccccc2)c1CC(C)C. The van der Waals surface area contributed by atoms with Crippen molar-refractivity contribution in [1.29, 1.82) is 0 Å². The Morgan fingerprint density at radius 2 is 1.50 bits per heavy atom. The summed E-state index contributed by atoms with van der Waals surface area (Å²) in [5.41, 5.74) is 3.75. The number of hydrogen-bond acceptors (Lipinski definition) is 3. The first-order valence-electron chi connectivity index (χ1n) is 12.4. The van der Waals surface area contributed by atoms with E-state index in [9.17, 15) is 0 Å². The van der Waals surface area contributed by atoms with Gasteiger partial charge < -0.3 is 9.47 Å². The van der Waals surface area contributed by atoms with Gasteiger partial charge in [-0.1, -0.05) is 76.2 Å². The normalized spacial score (nSPS) is 13.3. The van der Waals surface area contributed by atoms with Crippen LogP contribution in [0.4, 0.5) is 0 Å². The molecule has 0 aliphatic heterocycles. The molecule has 0 bridgehead atoms. The molecule has 0 saturated heterocycles. The third-order valence-electron chi connectivity index (χ3n) is 5.33. The Hall–Kier alpha value is -1.81. The molecule has 0 amide bonds. The summed E-state index contributed by atoms with van der Waals surface area (Å²) in [6, 6.07) is 16.9. The Balaban J connectivity index is 0.00000133. The van der Waals surface area contributed by atoms with Crippen LogP contribution in [0, 0.1) is 11.8 Å². The minimum atomic E-state index is -0.348. The molecule has 3 nitrogen and oxygen atoms in total. The fourth-order valence-electron chi connectivity index (χ4n) is 3.97. The average molecular weight is 488 g/mol. The van der Waals surface area contributed by atoms with Crippen LogP contribution in [0.1, 0.15) is 72.1 Å². The van der Waals surface area contributed by atoms with Crippen molar-refractivity contribution in [2.24, 2.45) is 11.8 Å². The first-order chi connectivity index (χ1) is 16.0. The van der Waals surface area contributed by atoms with Crippen LogP contribution in [-0.4, -0.2) is 18.4 Å². The van der Waals surface area contributed by atoms with E-state index in [4.69, 9.17) is 21.1 Å². The molecule has 0 spiro atoms. The van der Waals surface area contributed by atoms with E-state index >= 15 is 0 Å². The van der Waals surface area contributed by atoms with Crippen molar-refractivity contribution in [3.05, 3.63) is 77.9 Å². The van der Waals surface area contributed by atoms with Crippen LogP contribution < -0.4 is 10.1 Å². The van der Waals surface area contributed by atoms with E-state index in [0.29, 0.717) is 17.7 Å². The smallest absolute Gasteiger partial charge is 0.198 e. The van der Waals surface area contributed by atoms with Crippen LogP contribution in [0.15, 0.2) is 61.2 Å². The highest BCUT2D eigenvalue weighted by molar-refractivity contribution is 6.18. The molecule has 2 rings (SSSR count). The summed E-state index contributed by atoms with van der Waals surface area (Å²) in [7, 11) is 0. The summed E-state index contributed by atoms with van der Waals surface area (Å²) >= 11 is 5.07. The van der Waals surface area contributed by atoms with Crippen molar-refractivity contribution >= 4 is 11.6 Å². The van der Waals surface area contributed by atoms with Crippen molar-refractivity contribution in [1.82, 2.24) is 5.32 Å². The Morgan fingerprint density at radius 1 is 0.912 bits per heavy atom. The molecule has 34 heavy (non-hydrogen) atoms. The highest BCUT2D eigenvalue weighted by Crippen LogP contribution is 2.29. The summed E-state index contributed by atoms with van der Waals surface area (Å²) in [4.78, 5) is 0. The van der Waals surface area contributed by atoms with Crippen molar-refractivity contribution in [3.63, 3.8) is 0 Å². The zero-order chi connectivity index (χ0) is 25.7. The van der Waals surface area contributed by atoms with E-state index in [1.54, 1.807) is 6.08 Å². The van der Waals surface area contributed by atoms with Gasteiger partial charge in [0.05, 0.1) is 0 Å². The zero-order valence-corrected chi connectivity index (χ0v) is 23.3. The van der Waals surface area contributed by atoms with Gasteiger partial charge in [-0.15, -0.1) is 18.2 Å². The van der Waals surface area contributed by atoms with Gasteiger partial charge in [0, 0.05) is 11.4 Å². The lowest BCUT2D eigenvalue weighted by Crippen LogP contribution is -2.45. The van der Waals surface area contributed by atoms with Crippen LogP contribution >= 0.6 is 11.6 Å². The maximum atomic E-state index is 6.30. The van der Waals surface area contributed by atoms with Gasteiger partial charge in [0.2, 0.25) is 0 Å². The van der Waals surface area contributed by atoms with E-state index in [-0.39, 0.29) is 18.1 Å². The molecule has 0 aliphatic carbocycles. The van der Waals surface area contributed by atoms with E-state index in [1.165, 1.54) is 16.7 Å². The zero-order valence-electron chi connectivity index (χ0n) is 22.5. The summed E-state index contributed by atoms with van der Waals surface area (Å²) < 4.78 is 12.5. The van der Waals surface area contributed by atoms with Crippen LogP contribution in [0.5, 0.6) is 5.75 Å². The predicted molar refractivity (Wildman–Crippen MR) is 148 cm³/mol. The molecule has 2 unspecified atom stereocenters. The Bertz CT molecular complexity index is 833. The van der Waals surface area contributed by atoms with Crippen LogP contribution in [0.3, 0.4) is 0 Å². The average Bonchev–Trinajstić information content (AvgIpc) is 2.75. The molecule has 2 aromatic carbocycles. The molecule has 0 saturated carbocycles. The molecule has 2 atom stereocenters. The van der Waals surface area contributed by atoms with E-state index in [1.807, 2.05) is 19.9 Å². The van der Waals surface area contributed by atoms with Gasteiger partial charge in [0.1, 0.15) is 12.0 Å². The molecule has 0 radical (unpaired) electrons. The largest absolute Gasteiger partial charge is 0.465 e. The quantitative estimate of drug-likeness (QED) is 0.186. The molecule has 0 fully saturated rings. The lowest BCUT2D eigenvalue weighted by molar-refractivity contribution is -0.119. The predicted octanol–water partition coefficient (Wildman–Crippen LogP) is 8.11. The molecule has 1 N–H and O–H groups in total. The van der Waals surface area contributed by atoms with E-state index in [2.05, 4.69) is 95.9 Å². The van der Waals surface area contributed by atoms with Crippen LogP contribution in [0.25, 0.3) is 0 Å². The van der Waals surface area contributed by atoms with Gasteiger partial charge in [0.15, 0.2) is 6.29 Å². The summed E-state index contributed by atoms with van der Waals surface area (Å²) in [5, 5.41) is 3.57. The first-order valence-corrected chi connectivity index (χ1v) is 13.0. The van der Waals surface area contributed by atoms with Crippen molar-refractivity contribution in [3.8, 4) is 5.75 Å². The molecular weight excluding hydrogens is 442 g/mol. The van der Waals surface area contributed by atoms with Crippen LogP contribution in [-0.2, 0) is 23.1 Å². The topological polar surface area (TPSA) is 30.5 Å². The summed E-state index contributed by atoms with van der Waals surface area (Å²) in [6.45, 7) is 20.7. The molecule has 2 aromatic rings. The van der Waals surface area contributed by atoms with E-state index < -0.39 is 0 Å². The van der Waals surface area contributed by atoms with Gasteiger partial charge in [-0.25, -0.2) is 0 Å². The maximum absolute atomic E-state index is 6.30. The molecule has 190 valence electrons. The van der Waals surface area contributed by atoms with E-state index in [0.717, 1.165) is 18.6 Å². The molecular formula is C30H46ClNO2. The number of benzene rings is 2. The Labute approximate surface area is 213 Å². The minimum absolute atomic E-state index is 0.150. The van der Waals surface area contributed by atoms with Gasteiger partial charge in [0.25, 0.3) is 0 Å². The monoisotopic (exact) mass is 487 g/mol. The standard InChI is InChI=1S/C27H41NO2.C3H5Cl/c1-19(2)17-23-13-12-16-26(25(23)18-20(3)4)30-22(6)29-21(5)28-27(7,8)24-14-10-9-11-15-24;1-2-3-4/h9-16,19-22,28H,17-18H2,1-8H3;2H,1,3H2. The molecule has 0 heterocycles. The van der Waals surface area contributed by atoms with Crippen LogP contribution in [0.2, 0.25) is 0 Å². The number of halogens is 1. The number of hydrogen-bond donors (Lipinski definition) is 1. The second-order valence-electron chi connectivity index (χ2n) is 10.1. The summed E-state index contributed by atoms with van der Waals surface area (Å²) in [6.07, 6.45) is 3.22. The maximum Gasteiger partial charge on any atom is 0.198 e. The number of alkyl halides is 1. The first kappa shape index (κ1) is 30.2. The fourth-order valence-corrected chi connectivity index (χ4v) is 3.97. The van der Waals surface area contributed by atoms with Gasteiger partial charge in [-0.2, -0.15) is 0 Å². The number of allylic oxidation sites excluding steroid dienone is 1. The Kier molecular flexibility index (Phi) is 13.5. The fraction of sp³-hybridized carbons (Fsp3) is 0.533. The summed E-state index contributed by atoms with van der Waals surface area (Å²) in [5.74, 6) is 2.69. The third kappa shape index (κ3) is 11.1. The Morgan fingerprint density at radius 3 is 2.03 bits per heavy atom. The van der Waals surface area contributed by atoms with Crippen molar-refractivity contribution in [2.45, 2.75) is 86.3 Å². The second-order valence-corrected chi connectivity index (χ2v) is 10.4. The number of ether oxygens (including phenoxy) is 2. The minimum Gasteiger partial charge on any atom is -0.465 e. The lowest BCUT2D eigenvalue weighted by atomic mass is 9.92. The third-order valence-corrected chi connectivity index (χ3v) is 5.55. The van der Waals surface area contributed by atoms with Gasteiger partial charge >= 0.3 is 0 Å². The molecule has 0 aliphatic rings.